The molecule has 0 heteroatoms. The Labute approximate surface area is 65.0 Å². The minimum absolute atomic E-state index is 0.955. The largest absolute Gasteiger partial charge is 0.0625 e. The molecule has 1 aliphatic carbocycles. The molecule has 0 aromatic carbocycles. The van der Waals surface area contributed by atoms with Crippen molar-refractivity contribution in [2.24, 2.45) is 23.7 Å². The zero-order chi connectivity index (χ0) is 7.72. The van der Waals surface area contributed by atoms with Crippen LogP contribution in [-0.2, 0) is 0 Å². The van der Waals surface area contributed by atoms with Crippen molar-refractivity contribution in [1.29, 1.82) is 0 Å². The number of hydrogen-bond donors (Lipinski definition) is 0. The molecule has 0 aromatic rings. The number of hydrogen-bond acceptors (Lipinski definition) is 0. The molecule has 0 radical (unpaired) electrons. The van der Waals surface area contributed by atoms with E-state index in [0.717, 1.165) is 23.7 Å². The van der Waals surface area contributed by atoms with Gasteiger partial charge in [0, 0.05) is 0 Å². The molecule has 0 saturated heterocycles. The molecule has 60 valence electrons. The summed E-state index contributed by atoms with van der Waals surface area (Å²) in [6, 6.07) is 0. The van der Waals surface area contributed by atoms with Crippen LogP contribution >= 0.6 is 0 Å². The van der Waals surface area contributed by atoms with Gasteiger partial charge in [-0.3, -0.25) is 0 Å². The molecule has 1 aliphatic rings. The van der Waals surface area contributed by atoms with E-state index in [2.05, 4.69) is 27.7 Å². The lowest BCUT2D eigenvalue weighted by Crippen LogP contribution is -2.26. The first kappa shape index (κ1) is 8.10. The van der Waals surface area contributed by atoms with E-state index in [4.69, 9.17) is 0 Å². The fraction of sp³-hybridized carbons (Fsp3) is 1.00. The highest BCUT2D eigenvalue weighted by Crippen LogP contribution is 2.36. The summed E-state index contributed by atoms with van der Waals surface area (Å²) < 4.78 is 0. The second-order valence-corrected chi connectivity index (χ2v) is 4.39. The van der Waals surface area contributed by atoms with E-state index in [0.29, 0.717) is 0 Å². The molecule has 0 spiro atoms. The summed E-state index contributed by atoms with van der Waals surface area (Å²) in [6.45, 7) is 9.59. The standard InChI is InChI=1S/C10H20/c1-7-5-8(2)10(4)9(3)6-7/h7-10H,5-6H2,1-4H3/t7?,8-,9-,10?/m1/s1. The van der Waals surface area contributed by atoms with Gasteiger partial charge in [0.05, 0.1) is 0 Å². The Morgan fingerprint density at radius 3 is 1.60 bits per heavy atom. The first-order chi connectivity index (χ1) is 4.61. The monoisotopic (exact) mass is 140 g/mol. The van der Waals surface area contributed by atoms with E-state index in [1.165, 1.54) is 12.8 Å². The Balaban J connectivity index is 2.49. The van der Waals surface area contributed by atoms with Crippen molar-refractivity contribution in [1.82, 2.24) is 0 Å². The third kappa shape index (κ3) is 1.53. The summed E-state index contributed by atoms with van der Waals surface area (Å²) in [7, 11) is 0. The summed E-state index contributed by atoms with van der Waals surface area (Å²) in [5.74, 6) is 3.84. The van der Waals surface area contributed by atoms with Crippen LogP contribution in [0.5, 0.6) is 0 Å². The zero-order valence-corrected chi connectivity index (χ0v) is 7.72. The Morgan fingerprint density at radius 1 is 0.800 bits per heavy atom. The molecule has 0 N–H and O–H groups in total. The summed E-state index contributed by atoms with van der Waals surface area (Å²) in [5, 5.41) is 0. The lowest BCUT2D eigenvalue weighted by atomic mass is 9.71. The molecule has 0 aromatic heterocycles. The first-order valence-corrected chi connectivity index (χ1v) is 4.61. The van der Waals surface area contributed by atoms with Gasteiger partial charge in [0.25, 0.3) is 0 Å². The average Bonchev–Trinajstić information content (AvgIpc) is 1.82. The highest BCUT2D eigenvalue weighted by Gasteiger charge is 2.27. The maximum Gasteiger partial charge on any atom is -0.0391 e. The third-order valence-electron chi connectivity index (χ3n) is 3.34. The van der Waals surface area contributed by atoms with Gasteiger partial charge in [0.15, 0.2) is 0 Å². The molecule has 0 nitrogen and oxygen atoms in total. The molecule has 0 heterocycles. The fourth-order valence-electron chi connectivity index (χ4n) is 2.36. The second-order valence-electron chi connectivity index (χ2n) is 4.39. The average molecular weight is 140 g/mol. The van der Waals surface area contributed by atoms with Gasteiger partial charge in [0.1, 0.15) is 0 Å². The van der Waals surface area contributed by atoms with E-state index in [1.54, 1.807) is 0 Å². The smallest absolute Gasteiger partial charge is 0.0391 e. The highest BCUT2D eigenvalue weighted by atomic mass is 14.3. The van der Waals surface area contributed by atoms with Gasteiger partial charge >= 0.3 is 0 Å². The van der Waals surface area contributed by atoms with E-state index in [1.807, 2.05) is 0 Å². The van der Waals surface area contributed by atoms with Crippen molar-refractivity contribution >= 4 is 0 Å². The SMILES string of the molecule is CC1C[C@@H](C)C(C)[C@H](C)C1. The van der Waals surface area contributed by atoms with E-state index >= 15 is 0 Å². The minimum atomic E-state index is 0.955. The van der Waals surface area contributed by atoms with Crippen LogP contribution in [0.15, 0.2) is 0 Å². The first-order valence-electron chi connectivity index (χ1n) is 4.61. The molecule has 10 heavy (non-hydrogen) atoms. The van der Waals surface area contributed by atoms with Gasteiger partial charge in [-0.1, -0.05) is 27.7 Å². The van der Waals surface area contributed by atoms with Crippen LogP contribution in [-0.4, -0.2) is 0 Å². The minimum Gasteiger partial charge on any atom is -0.0625 e. The third-order valence-corrected chi connectivity index (χ3v) is 3.34. The molecular formula is C10H20. The lowest BCUT2D eigenvalue weighted by Gasteiger charge is -2.35. The van der Waals surface area contributed by atoms with Crippen molar-refractivity contribution in [2.75, 3.05) is 0 Å². The van der Waals surface area contributed by atoms with Crippen LogP contribution in [0.4, 0.5) is 0 Å². The molecule has 2 atom stereocenters. The summed E-state index contributed by atoms with van der Waals surface area (Å²) in [5.41, 5.74) is 0. The Morgan fingerprint density at radius 2 is 1.20 bits per heavy atom. The van der Waals surface area contributed by atoms with Gasteiger partial charge in [-0.15, -0.1) is 0 Å². The molecular weight excluding hydrogens is 120 g/mol. The topological polar surface area (TPSA) is 0 Å². The molecule has 0 amide bonds. The molecule has 1 fully saturated rings. The zero-order valence-electron chi connectivity index (χ0n) is 7.72. The van der Waals surface area contributed by atoms with E-state index in [9.17, 15) is 0 Å². The van der Waals surface area contributed by atoms with Gasteiger partial charge in [-0.2, -0.15) is 0 Å². The van der Waals surface area contributed by atoms with Gasteiger partial charge < -0.3 is 0 Å². The highest BCUT2D eigenvalue weighted by molar-refractivity contribution is 4.77. The maximum atomic E-state index is 2.40. The van der Waals surface area contributed by atoms with Gasteiger partial charge in [0.2, 0.25) is 0 Å². The van der Waals surface area contributed by atoms with Gasteiger partial charge in [-0.25, -0.2) is 0 Å². The van der Waals surface area contributed by atoms with E-state index in [-0.39, 0.29) is 0 Å². The van der Waals surface area contributed by atoms with Crippen LogP contribution in [0.25, 0.3) is 0 Å². The number of rotatable bonds is 0. The summed E-state index contributed by atoms with van der Waals surface area (Å²) in [4.78, 5) is 0. The normalized spacial score (nSPS) is 49.2. The van der Waals surface area contributed by atoms with Crippen LogP contribution in [0.3, 0.4) is 0 Å². The quantitative estimate of drug-likeness (QED) is 0.484. The fourth-order valence-corrected chi connectivity index (χ4v) is 2.36. The predicted molar refractivity (Wildman–Crippen MR) is 45.9 cm³/mol. The Kier molecular flexibility index (Phi) is 2.38. The summed E-state index contributed by atoms with van der Waals surface area (Å²) >= 11 is 0. The molecule has 0 aliphatic heterocycles. The van der Waals surface area contributed by atoms with Crippen molar-refractivity contribution in [2.45, 2.75) is 40.5 Å². The van der Waals surface area contributed by atoms with Crippen LogP contribution in [0.2, 0.25) is 0 Å². The van der Waals surface area contributed by atoms with E-state index < -0.39 is 0 Å². The molecule has 1 saturated carbocycles. The summed E-state index contributed by atoms with van der Waals surface area (Å²) in [6.07, 6.45) is 2.90. The Bertz CT molecular complexity index is 94.6. The van der Waals surface area contributed by atoms with Crippen molar-refractivity contribution in [3.8, 4) is 0 Å². The Hall–Kier alpha value is 0. The second kappa shape index (κ2) is 2.94. The maximum absolute atomic E-state index is 2.40. The predicted octanol–water partition coefficient (Wildman–Crippen LogP) is 3.32. The van der Waals surface area contributed by atoms with Crippen molar-refractivity contribution in [3.05, 3.63) is 0 Å². The van der Waals surface area contributed by atoms with Crippen LogP contribution < -0.4 is 0 Å². The van der Waals surface area contributed by atoms with Crippen LogP contribution in [0.1, 0.15) is 40.5 Å². The van der Waals surface area contributed by atoms with Crippen molar-refractivity contribution in [3.63, 3.8) is 0 Å². The van der Waals surface area contributed by atoms with Gasteiger partial charge in [-0.05, 0) is 36.5 Å². The van der Waals surface area contributed by atoms with Crippen molar-refractivity contribution < 1.29 is 0 Å². The molecule has 0 unspecified atom stereocenters. The molecule has 0 bridgehead atoms. The van der Waals surface area contributed by atoms with Crippen LogP contribution in [0, 0.1) is 23.7 Å². The lowest BCUT2D eigenvalue weighted by molar-refractivity contribution is 0.151. The molecule has 1 rings (SSSR count).